The third-order valence-corrected chi connectivity index (χ3v) is 6.52. The van der Waals surface area contributed by atoms with Crippen LogP contribution in [0.3, 0.4) is 0 Å². The number of hydrogen-bond acceptors (Lipinski definition) is 6. The van der Waals surface area contributed by atoms with Crippen LogP contribution in [0.4, 0.5) is 5.69 Å². The van der Waals surface area contributed by atoms with Crippen molar-refractivity contribution in [2.45, 2.75) is 25.3 Å². The Labute approximate surface area is 156 Å². The minimum Gasteiger partial charge on any atom is -0.320 e. The average Bonchev–Trinajstić information content (AvgIpc) is 3.02. The number of sulfone groups is 1. The van der Waals surface area contributed by atoms with E-state index in [2.05, 4.69) is 15.4 Å². The minimum absolute atomic E-state index is 0.0432. The molecule has 140 valence electrons. The molecule has 4 rings (SSSR count). The second kappa shape index (κ2) is 6.73. The van der Waals surface area contributed by atoms with Crippen molar-refractivity contribution in [3.05, 3.63) is 36.5 Å². The standard InChI is InChI=1S/C18H18N4O4S/c23-17-7-6-16(21-22(17)12-8-10-27(25,26)11-12)18(24)20-15-5-1-4-14-13(15)3-2-9-19-14/h1-5,9,12H,6-8,10-11H2,(H,20,24)/t12-/m1/s1. The van der Waals surface area contributed by atoms with Gasteiger partial charge in [-0.2, -0.15) is 5.10 Å². The van der Waals surface area contributed by atoms with Crippen LogP contribution < -0.4 is 5.32 Å². The molecule has 0 spiro atoms. The molecule has 9 heteroatoms. The lowest BCUT2D eigenvalue weighted by Crippen LogP contribution is -2.42. The molecule has 1 saturated heterocycles. The molecule has 2 amide bonds. The van der Waals surface area contributed by atoms with E-state index in [-0.39, 0.29) is 36.0 Å². The summed E-state index contributed by atoms with van der Waals surface area (Å²) in [6.45, 7) is 0. The predicted octanol–water partition coefficient (Wildman–Crippen LogP) is 1.34. The van der Waals surface area contributed by atoms with Crippen LogP contribution >= 0.6 is 0 Å². The lowest BCUT2D eigenvalue weighted by atomic mass is 10.1. The van der Waals surface area contributed by atoms with Gasteiger partial charge < -0.3 is 5.32 Å². The molecule has 1 atom stereocenters. The molecule has 0 saturated carbocycles. The van der Waals surface area contributed by atoms with Crippen molar-refractivity contribution >= 4 is 44.0 Å². The van der Waals surface area contributed by atoms with Crippen molar-refractivity contribution in [2.75, 3.05) is 16.8 Å². The van der Waals surface area contributed by atoms with E-state index >= 15 is 0 Å². The molecule has 1 aromatic carbocycles. The van der Waals surface area contributed by atoms with Gasteiger partial charge in [-0.25, -0.2) is 13.4 Å². The van der Waals surface area contributed by atoms with Gasteiger partial charge in [-0.15, -0.1) is 0 Å². The Morgan fingerprint density at radius 3 is 2.81 bits per heavy atom. The normalized spacial score (nSPS) is 21.9. The Balaban J connectivity index is 1.57. The van der Waals surface area contributed by atoms with Crippen LogP contribution in [0.5, 0.6) is 0 Å². The number of carbonyl (C=O) groups excluding carboxylic acids is 2. The number of hydrogen-bond donors (Lipinski definition) is 1. The predicted molar refractivity (Wildman–Crippen MR) is 101 cm³/mol. The van der Waals surface area contributed by atoms with Gasteiger partial charge in [0.15, 0.2) is 9.84 Å². The largest absolute Gasteiger partial charge is 0.320 e. The second-order valence-corrected chi connectivity index (χ2v) is 8.90. The number of benzene rings is 1. The number of rotatable bonds is 3. The van der Waals surface area contributed by atoms with E-state index in [1.807, 2.05) is 12.1 Å². The second-order valence-electron chi connectivity index (χ2n) is 6.67. The highest BCUT2D eigenvalue weighted by Crippen LogP contribution is 2.24. The van der Waals surface area contributed by atoms with Crippen LogP contribution in [-0.4, -0.2) is 53.5 Å². The highest BCUT2D eigenvalue weighted by Gasteiger charge is 2.37. The van der Waals surface area contributed by atoms with Crippen LogP contribution in [-0.2, 0) is 19.4 Å². The summed E-state index contributed by atoms with van der Waals surface area (Å²) < 4.78 is 23.4. The van der Waals surface area contributed by atoms with E-state index in [0.717, 1.165) is 10.9 Å². The molecule has 8 nitrogen and oxygen atoms in total. The van der Waals surface area contributed by atoms with Gasteiger partial charge in [0.2, 0.25) is 5.91 Å². The highest BCUT2D eigenvalue weighted by atomic mass is 32.2. The van der Waals surface area contributed by atoms with Crippen LogP contribution in [0.2, 0.25) is 0 Å². The molecule has 0 radical (unpaired) electrons. The van der Waals surface area contributed by atoms with Gasteiger partial charge >= 0.3 is 0 Å². The topological polar surface area (TPSA) is 109 Å². The Hall–Kier alpha value is -2.81. The van der Waals surface area contributed by atoms with Crippen LogP contribution in [0.25, 0.3) is 10.9 Å². The smallest absolute Gasteiger partial charge is 0.271 e. The molecule has 1 N–H and O–H groups in total. The Bertz CT molecular complexity index is 1060. The first-order valence-electron chi connectivity index (χ1n) is 8.68. The quantitative estimate of drug-likeness (QED) is 0.856. The van der Waals surface area contributed by atoms with Crippen molar-refractivity contribution in [1.29, 1.82) is 0 Å². The number of pyridine rings is 1. The number of carbonyl (C=O) groups is 2. The number of fused-ring (bicyclic) bond motifs is 1. The SMILES string of the molecule is O=C(Nc1cccc2ncccc12)C1=NN([C@@H]2CCS(=O)(=O)C2)C(=O)CC1. The summed E-state index contributed by atoms with van der Waals surface area (Å²) in [5.41, 5.74) is 1.59. The summed E-state index contributed by atoms with van der Waals surface area (Å²) in [5.74, 6) is -0.708. The fourth-order valence-electron chi connectivity index (χ4n) is 3.40. The zero-order valence-corrected chi connectivity index (χ0v) is 15.3. The van der Waals surface area contributed by atoms with Gasteiger partial charge in [-0.05, 0) is 30.7 Å². The van der Waals surface area contributed by atoms with Gasteiger partial charge in [0, 0.05) is 24.4 Å². The summed E-state index contributed by atoms with van der Waals surface area (Å²) >= 11 is 0. The molecule has 0 aliphatic carbocycles. The average molecular weight is 386 g/mol. The molecule has 2 aliphatic rings. The summed E-state index contributed by atoms with van der Waals surface area (Å²) in [7, 11) is -3.15. The van der Waals surface area contributed by atoms with E-state index < -0.39 is 21.8 Å². The Kier molecular flexibility index (Phi) is 4.39. The summed E-state index contributed by atoms with van der Waals surface area (Å²) in [6.07, 6.45) is 2.39. The van der Waals surface area contributed by atoms with Crippen LogP contribution in [0.15, 0.2) is 41.6 Å². The highest BCUT2D eigenvalue weighted by molar-refractivity contribution is 7.91. The fraction of sp³-hybridized carbons (Fsp3) is 0.333. The van der Waals surface area contributed by atoms with E-state index in [4.69, 9.17) is 0 Å². The van der Waals surface area contributed by atoms with Gasteiger partial charge in [-0.3, -0.25) is 14.6 Å². The van der Waals surface area contributed by atoms with Gasteiger partial charge in [0.25, 0.3) is 5.91 Å². The molecule has 1 fully saturated rings. The molecular weight excluding hydrogens is 368 g/mol. The first kappa shape index (κ1) is 17.6. The van der Waals surface area contributed by atoms with Gasteiger partial charge in [0.05, 0.1) is 28.8 Å². The maximum absolute atomic E-state index is 12.7. The lowest BCUT2D eigenvalue weighted by Gasteiger charge is -2.27. The van der Waals surface area contributed by atoms with E-state index in [0.29, 0.717) is 12.1 Å². The van der Waals surface area contributed by atoms with E-state index in [1.54, 1.807) is 24.4 Å². The number of hydrazone groups is 1. The maximum Gasteiger partial charge on any atom is 0.271 e. The number of aromatic nitrogens is 1. The summed E-state index contributed by atoms with van der Waals surface area (Å²) in [5, 5.41) is 9.02. The summed E-state index contributed by atoms with van der Waals surface area (Å²) in [4.78, 5) is 29.1. The van der Waals surface area contributed by atoms with Gasteiger partial charge in [0.1, 0.15) is 5.71 Å². The molecule has 0 unspecified atom stereocenters. The number of nitrogens with one attached hydrogen (secondary N) is 1. The first-order valence-corrected chi connectivity index (χ1v) is 10.5. The maximum atomic E-state index is 12.7. The minimum atomic E-state index is -3.15. The molecule has 1 aromatic heterocycles. The van der Waals surface area contributed by atoms with Crippen molar-refractivity contribution in [3.63, 3.8) is 0 Å². The molecule has 0 bridgehead atoms. The molecule has 27 heavy (non-hydrogen) atoms. The Morgan fingerprint density at radius 1 is 1.19 bits per heavy atom. The molecular formula is C18H18N4O4S. The molecule has 3 heterocycles. The molecule has 2 aliphatic heterocycles. The van der Waals surface area contributed by atoms with Crippen molar-refractivity contribution in [2.24, 2.45) is 5.10 Å². The van der Waals surface area contributed by atoms with Crippen molar-refractivity contribution < 1.29 is 18.0 Å². The molecule has 2 aromatic rings. The lowest BCUT2D eigenvalue weighted by molar-refractivity contribution is -0.133. The van der Waals surface area contributed by atoms with Crippen molar-refractivity contribution in [3.8, 4) is 0 Å². The summed E-state index contributed by atoms with van der Waals surface area (Å²) in [6, 6.07) is 8.58. The zero-order chi connectivity index (χ0) is 19.0. The monoisotopic (exact) mass is 386 g/mol. The third-order valence-electron chi connectivity index (χ3n) is 4.77. The first-order chi connectivity index (χ1) is 12.9. The van der Waals surface area contributed by atoms with Crippen LogP contribution in [0, 0.1) is 0 Å². The number of nitrogens with zero attached hydrogens (tertiary/aromatic N) is 3. The number of amides is 2. The third kappa shape index (κ3) is 3.55. The van der Waals surface area contributed by atoms with E-state index in [1.165, 1.54) is 5.01 Å². The Morgan fingerprint density at radius 2 is 2.04 bits per heavy atom. The van der Waals surface area contributed by atoms with Crippen molar-refractivity contribution in [1.82, 2.24) is 9.99 Å². The van der Waals surface area contributed by atoms with Gasteiger partial charge in [-0.1, -0.05) is 6.07 Å². The van der Waals surface area contributed by atoms with E-state index in [9.17, 15) is 18.0 Å². The fourth-order valence-corrected chi connectivity index (χ4v) is 5.09. The zero-order valence-electron chi connectivity index (χ0n) is 14.5. The van der Waals surface area contributed by atoms with Crippen LogP contribution in [0.1, 0.15) is 19.3 Å². The number of anilines is 1.